The lowest BCUT2D eigenvalue weighted by atomic mass is 10.3. The highest BCUT2D eigenvalue weighted by Crippen LogP contribution is 2.31. The average molecular weight is 436 g/mol. The standard InChI is InChI=1S/C22H18ClN5O3/c1-14-13-20(28(27-14)19-7-3-2-5-17(19)23)31-21-18(6-4-12-24-21)26-22(30)25-15-8-10-16(29)11-9-15/h2-13,29H,1H3,(H2,25,26,30). The summed E-state index contributed by atoms with van der Waals surface area (Å²) in [5.74, 6) is 0.696. The molecule has 4 rings (SSSR count). The number of hydrogen-bond donors (Lipinski definition) is 3. The van der Waals surface area contributed by atoms with E-state index in [1.54, 1.807) is 47.3 Å². The monoisotopic (exact) mass is 435 g/mol. The molecule has 0 unspecified atom stereocenters. The molecule has 0 atom stereocenters. The number of urea groups is 1. The van der Waals surface area contributed by atoms with Gasteiger partial charge in [-0.1, -0.05) is 23.7 Å². The summed E-state index contributed by atoms with van der Waals surface area (Å²) in [6, 6.07) is 18.0. The summed E-state index contributed by atoms with van der Waals surface area (Å²) in [6.07, 6.45) is 1.56. The Bertz CT molecular complexity index is 1220. The second-order valence-corrected chi connectivity index (χ2v) is 6.98. The minimum atomic E-state index is -0.487. The summed E-state index contributed by atoms with van der Waals surface area (Å²) in [5, 5.41) is 19.7. The number of ether oxygens (including phenoxy) is 1. The molecule has 3 N–H and O–H groups in total. The molecule has 0 saturated carbocycles. The number of hydrogen-bond acceptors (Lipinski definition) is 5. The quantitative estimate of drug-likeness (QED) is 0.366. The molecule has 0 aliphatic rings. The number of para-hydroxylation sites is 1. The molecule has 0 aliphatic carbocycles. The van der Waals surface area contributed by atoms with Crippen LogP contribution in [0, 0.1) is 6.92 Å². The maximum Gasteiger partial charge on any atom is 0.323 e. The molecule has 4 aromatic rings. The van der Waals surface area contributed by atoms with E-state index in [4.69, 9.17) is 16.3 Å². The number of rotatable bonds is 5. The molecule has 0 radical (unpaired) electrons. The number of anilines is 2. The van der Waals surface area contributed by atoms with Gasteiger partial charge < -0.3 is 20.5 Å². The van der Waals surface area contributed by atoms with Gasteiger partial charge in [-0.3, -0.25) is 0 Å². The molecule has 0 bridgehead atoms. The third-order valence-electron chi connectivity index (χ3n) is 4.23. The Morgan fingerprint density at radius 3 is 2.61 bits per heavy atom. The molecule has 0 aliphatic heterocycles. The lowest BCUT2D eigenvalue weighted by molar-refractivity contribution is 0.262. The number of pyridine rings is 1. The molecule has 0 fully saturated rings. The van der Waals surface area contributed by atoms with Crippen molar-refractivity contribution in [1.82, 2.24) is 14.8 Å². The fourth-order valence-corrected chi connectivity index (χ4v) is 3.06. The number of halogens is 1. The van der Waals surface area contributed by atoms with Crippen molar-refractivity contribution in [3.63, 3.8) is 0 Å². The predicted octanol–water partition coefficient (Wildman–Crippen LogP) is 5.37. The first-order valence-electron chi connectivity index (χ1n) is 9.31. The minimum Gasteiger partial charge on any atom is -0.508 e. The van der Waals surface area contributed by atoms with Crippen LogP contribution in [-0.4, -0.2) is 25.9 Å². The van der Waals surface area contributed by atoms with E-state index in [0.29, 0.717) is 28.0 Å². The molecule has 156 valence electrons. The second kappa shape index (κ2) is 8.76. The van der Waals surface area contributed by atoms with Crippen LogP contribution in [0.5, 0.6) is 17.5 Å². The summed E-state index contributed by atoms with van der Waals surface area (Å²) in [7, 11) is 0. The molecule has 9 heteroatoms. The molecule has 31 heavy (non-hydrogen) atoms. The van der Waals surface area contributed by atoms with Gasteiger partial charge in [-0.05, 0) is 55.5 Å². The number of carbonyl (C=O) groups is 1. The van der Waals surface area contributed by atoms with Crippen molar-refractivity contribution < 1.29 is 14.6 Å². The van der Waals surface area contributed by atoms with Gasteiger partial charge in [-0.15, -0.1) is 0 Å². The van der Waals surface area contributed by atoms with Crippen molar-refractivity contribution in [2.45, 2.75) is 6.92 Å². The van der Waals surface area contributed by atoms with Crippen LogP contribution in [-0.2, 0) is 0 Å². The number of amides is 2. The second-order valence-electron chi connectivity index (χ2n) is 6.57. The fourth-order valence-electron chi connectivity index (χ4n) is 2.84. The predicted molar refractivity (Wildman–Crippen MR) is 118 cm³/mol. The van der Waals surface area contributed by atoms with Gasteiger partial charge in [-0.25, -0.2) is 9.78 Å². The first-order valence-corrected chi connectivity index (χ1v) is 9.69. The van der Waals surface area contributed by atoms with Crippen LogP contribution in [0.3, 0.4) is 0 Å². The van der Waals surface area contributed by atoms with E-state index in [-0.39, 0.29) is 11.6 Å². The summed E-state index contributed by atoms with van der Waals surface area (Å²) < 4.78 is 7.57. The molecule has 2 aromatic heterocycles. The average Bonchev–Trinajstić information content (AvgIpc) is 3.11. The maximum absolute atomic E-state index is 12.4. The van der Waals surface area contributed by atoms with E-state index in [1.807, 2.05) is 25.1 Å². The molecular formula is C22H18ClN5O3. The zero-order valence-corrected chi connectivity index (χ0v) is 17.2. The first-order chi connectivity index (χ1) is 15.0. The zero-order chi connectivity index (χ0) is 21.8. The molecule has 0 saturated heterocycles. The minimum absolute atomic E-state index is 0.110. The van der Waals surface area contributed by atoms with Gasteiger partial charge in [0.2, 0.25) is 11.8 Å². The summed E-state index contributed by atoms with van der Waals surface area (Å²) in [6.45, 7) is 1.84. The zero-order valence-electron chi connectivity index (χ0n) is 16.4. The Kier molecular flexibility index (Phi) is 5.72. The summed E-state index contributed by atoms with van der Waals surface area (Å²) in [4.78, 5) is 16.6. The first kappa shape index (κ1) is 20.2. The number of phenolic OH excluding ortho intramolecular Hbond substituents is 1. The van der Waals surface area contributed by atoms with Crippen molar-refractivity contribution in [3.05, 3.63) is 83.6 Å². The van der Waals surface area contributed by atoms with E-state index in [1.165, 1.54) is 12.1 Å². The van der Waals surface area contributed by atoms with E-state index in [9.17, 15) is 9.90 Å². The van der Waals surface area contributed by atoms with Crippen LogP contribution in [0.2, 0.25) is 5.02 Å². The van der Waals surface area contributed by atoms with Crippen LogP contribution in [0.4, 0.5) is 16.2 Å². The Hall–Kier alpha value is -4.04. The number of benzene rings is 2. The molecule has 2 amide bonds. The van der Waals surface area contributed by atoms with Crippen molar-refractivity contribution >= 4 is 29.0 Å². The number of phenols is 1. The number of nitrogens with one attached hydrogen (secondary N) is 2. The maximum atomic E-state index is 12.4. The third kappa shape index (κ3) is 4.76. The van der Waals surface area contributed by atoms with Crippen LogP contribution in [0.15, 0.2) is 72.9 Å². The topological polar surface area (TPSA) is 101 Å². The number of carbonyl (C=O) groups excluding carboxylic acids is 1. The van der Waals surface area contributed by atoms with Crippen LogP contribution in [0.1, 0.15) is 5.69 Å². The van der Waals surface area contributed by atoms with E-state index in [0.717, 1.165) is 5.69 Å². The van der Waals surface area contributed by atoms with E-state index in [2.05, 4.69) is 20.7 Å². The van der Waals surface area contributed by atoms with Crippen LogP contribution < -0.4 is 15.4 Å². The van der Waals surface area contributed by atoms with E-state index >= 15 is 0 Å². The Labute approximate surface area is 183 Å². The lowest BCUT2D eigenvalue weighted by Gasteiger charge is -2.13. The van der Waals surface area contributed by atoms with Gasteiger partial charge >= 0.3 is 6.03 Å². The summed E-state index contributed by atoms with van der Waals surface area (Å²) >= 11 is 6.32. The molecule has 2 heterocycles. The molecular weight excluding hydrogens is 418 g/mol. The van der Waals surface area contributed by atoms with E-state index < -0.39 is 6.03 Å². The highest BCUT2D eigenvalue weighted by atomic mass is 35.5. The lowest BCUT2D eigenvalue weighted by Crippen LogP contribution is -2.20. The Morgan fingerprint density at radius 2 is 1.84 bits per heavy atom. The number of nitrogens with zero attached hydrogens (tertiary/aromatic N) is 3. The summed E-state index contributed by atoms with van der Waals surface area (Å²) in [5.41, 5.74) is 2.27. The van der Waals surface area contributed by atoms with Crippen LogP contribution in [0.25, 0.3) is 5.69 Å². The fraction of sp³-hybridized carbons (Fsp3) is 0.0455. The normalized spacial score (nSPS) is 10.5. The number of aromatic nitrogens is 3. The van der Waals surface area contributed by atoms with Crippen molar-refractivity contribution in [1.29, 1.82) is 0 Å². The smallest absolute Gasteiger partial charge is 0.323 e. The third-order valence-corrected chi connectivity index (χ3v) is 4.54. The number of aromatic hydroxyl groups is 1. The van der Waals surface area contributed by atoms with Gasteiger partial charge in [-0.2, -0.15) is 9.78 Å². The Balaban J connectivity index is 1.57. The highest BCUT2D eigenvalue weighted by Gasteiger charge is 2.16. The molecule has 0 spiro atoms. The van der Waals surface area contributed by atoms with Crippen molar-refractivity contribution in [2.24, 2.45) is 0 Å². The van der Waals surface area contributed by atoms with Crippen molar-refractivity contribution in [3.8, 4) is 23.2 Å². The Morgan fingerprint density at radius 1 is 1.06 bits per heavy atom. The van der Waals surface area contributed by atoms with Gasteiger partial charge in [0.05, 0.1) is 16.4 Å². The van der Waals surface area contributed by atoms with Gasteiger partial charge in [0.1, 0.15) is 11.4 Å². The van der Waals surface area contributed by atoms with Crippen LogP contribution >= 0.6 is 11.6 Å². The SMILES string of the molecule is Cc1cc(Oc2ncccc2NC(=O)Nc2ccc(O)cc2)n(-c2ccccc2Cl)n1. The van der Waals surface area contributed by atoms with Gasteiger partial charge in [0, 0.05) is 18.0 Å². The largest absolute Gasteiger partial charge is 0.508 e. The number of aryl methyl sites for hydroxylation is 1. The molecule has 8 nitrogen and oxygen atoms in total. The highest BCUT2D eigenvalue weighted by molar-refractivity contribution is 6.32. The molecule has 2 aromatic carbocycles. The van der Waals surface area contributed by atoms with Gasteiger partial charge in [0.25, 0.3) is 0 Å². The van der Waals surface area contributed by atoms with Crippen molar-refractivity contribution in [2.75, 3.05) is 10.6 Å². The van der Waals surface area contributed by atoms with Gasteiger partial charge in [0.15, 0.2) is 0 Å².